The Morgan fingerprint density at radius 2 is 2.21 bits per heavy atom. The molecule has 0 bridgehead atoms. The number of benzene rings is 1. The second-order valence-corrected chi connectivity index (χ2v) is 3.57. The summed E-state index contributed by atoms with van der Waals surface area (Å²) in [6.45, 7) is 3.93. The first-order valence-electron chi connectivity index (χ1n) is 4.62. The largest absolute Gasteiger partial charge is 0.289 e. The van der Waals surface area contributed by atoms with E-state index in [0.29, 0.717) is 10.6 Å². The van der Waals surface area contributed by atoms with Gasteiger partial charge in [-0.3, -0.25) is 4.79 Å². The molecule has 0 saturated heterocycles. The van der Waals surface area contributed by atoms with Crippen molar-refractivity contribution in [1.82, 2.24) is 0 Å². The van der Waals surface area contributed by atoms with Gasteiger partial charge in [0.25, 0.3) is 0 Å². The molecule has 1 aromatic rings. The van der Waals surface area contributed by atoms with E-state index in [9.17, 15) is 4.79 Å². The third-order valence-electron chi connectivity index (χ3n) is 1.89. The van der Waals surface area contributed by atoms with Crippen LogP contribution in [0.2, 0.25) is 5.02 Å². The van der Waals surface area contributed by atoms with Crippen LogP contribution in [0, 0.1) is 6.92 Å². The maximum absolute atomic E-state index is 11.6. The van der Waals surface area contributed by atoms with Gasteiger partial charge in [-0.2, -0.15) is 0 Å². The van der Waals surface area contributed by atoms with Gasteiger partial charge in [-0.1, -0.05) is 36.2 Å². The standard InChI is InChI=1S/C12H13ClO/c1-3-4-5-12(14)10-8-9(2)6-7-11(10)13/h4-8H,3H2,1-2H3/b5-4+. The number of hydrogen-bond acceptors (Lipinski definition) is 1. The summed E-state index contributed by atoms with van der Waals surface area (Å²) in [6, 6.07) is 5.46. The number of aryl methyl sites for hydroxylation is 1. The van der Waals surface area contributed by atoms with E-state index in [-0.39, 0.29) is 5.78 Å². The molecule has 0 unspecified atom stereocenters. The fraction of sp³-hybridized carbons (Fsp3) is 0.250. The van der Waals surface area contributed by atoms with Crippen molar-refractivity contribution in [2.75, 3.05) is 0 Å². The van der Waals surface area contributed by atoms with E-state index >= 15 is 0 Å². The molecule has 0 aliphatic carbocycles. The van der Waals surface area contributed by atoms with Crippen molar-refractivity contribution in [3.63, 3.8) is 0 Å². The summed E-state index contributed by atoms with van der Waals surface area (Å²) in [4.78, 5) is 11.6. The average Bonchev–Trinajstić information content (AvgIpc) is 2.18. The first kappa shape index (κ1) is 11.0. The van der Waals surface area contributed by atoms with Crippen molar-refractivity contribution in [3.05, 3.63) is 46.5 Å². The molecule has 0 saturated carbocycles. The van der Waals surface area contributed by atoms with Gasteiger partial charge in [-0.15, -0.1) is 0 Å². The van der Waals surface area contributed by atoms with E-state index < -0.39 is 0 Å². The molecule has 74 valence electrons. The molecule has 0 aliphatic rings. The molecule has 0 N–H and O–H groups in total. The van der Waals surface area contributed by atoms with Crippen LogP contribution in [0.1, 0.15) is 29.3 Å². The van der Waals surface area contributed by atoms with Crippen LogP contribution in [0.5, 0.6) is 0 Å². The number of allylic oxidation sites excluding steroid dienone is 2. The van der Waals surface area contributed by atoms with Crippen LogP contribution in [0.15, 0.2) is 30.4 Å². The fourth-order valence-electron chi connectivity index (χ4n) is 1.14. The van der Waals surface area contributed by atoms with E-state index in [1.165, 1.54) is 0 Å². The van der Waals surface area contributed by atoms with Gasteiger partial charge in [0.1, 0.15) is 0 Å². The number of carbonyl (C=O) groups is 1. The quantitative estimate of drug-likeness (QED) is 0.546. The van der Waals surface area contributed by atoms with Crippen molar-refractivity contribution in [2.45, 2.75) is 20.3 Å². The van der Waals surface area contributed by atoms with Crippen molar-refractivity contribution in [1.29, 1.82) is 0 Å². The summed E-state index contributed by atoms with van der Waals surface area (Å²) in [5.41, 5.74) is 1.62. The normalized spacial score (nSPS) is 10.8. The Bertz CT molecular complexity index is 367. The molecule has 1 nitrogen and oxygen atoms in total. The highest BCUT2D eigenvalue weighted by molar-refractivity contribution is 6.34. The minimum atomic E-state index is -0.0273. The first-order chi connectivity index (χ1) is 6.65. The van der Waals surface area contributed by atoms with Crippen LogP contribution in [0.3, 0.4) is 0 Å². The molecular formula is C12H13ClO. The SMILES string of the molecule is CC/C=C/C(=O)c1cc(C)ccc1Cl. The Balaban J connectivity index is 3.00. The molecule has 0 amide bonds. The number of hydrogen-bond donors (Lipinski definition) is 0. The van der Waals surface area contributed by atoms with Crippen LogP contribution in [-0.4, -0.2) is 5.78 Å². The second kappa shape index (κ2) is 4.97. The van der Waals surface area contributed by atoms with E-state index in [0.717, 1.165) is 12.0 Å². The van der Waals surface area contributed by atoms with Crippen molar-refractivity contribution in [2.24, 2.45) is 0 Å². The third-order valence-corrected chi connectivity index (χ3v) is 2.22. The van der Waals surface area contributed by atoms with E-state index in [1.54, 1.807) is 12.1 Å². The number of ketones is 1. The molecule has 0 atom stereocenters. The highest BCUT2D eigenvalue weighted by Gasteiger charge is 2.06. The Hall–Kier alpha value is -1.08. The van der Waals surface area contributed by atoms with Gasteiger partial charge >= 0.3 is 0 Å². The zero-order chi connectivity index (χ0) is 10.6. The van der Waals surface area contributed by atoms with E-state index in [4.69, 9.17) is 11.6 Å². The summed E-state index contributed by atoms with van der Waals surface area (Å²) in [5, 5.41) is 0.515. The van der Waals surface area contributed by atoms with Crippen LogP contribution < -0.4 is 0 Å². The second-order valence-electron chi connectivity index (χ2n) is 3.16. The number of rotatable bonds is 3. The van der Waals surface area contributed by atoms with Crippen molar-refractivity contribution in [3.8, 4) is 0 Å². The van der Waals surface area contributed by atoms with E-state index in [1.807, 2.05) is 32.1 Å². The molecule has 1 aromatic carbocycles. The van der Waals surface area contributed by atoms with Crippen LogP contribution >= 0.6 is 11.6 Å². The van der Waals surface area contributed by atoms with Gasteiger partial charge in [-0.25, -0.2) is 0 Å². The predicted octanol–water partition coefficient (Wildman–Crippen LogP) is 3.80. The zero-order valence-corrected chi connectivity index (χ0v) is 9.14. The van der Waals surface area contributed by atoms with Gasteiger partial charge in [0, 0.05) is 5.56 Å². The van der Waals surface area contributed by atoms with Crippen molar-refractivity contribution < 1.29 is 4.79 Å². The average molecular weight is 209 g/mol. The molecule has 1 rings (SSSR count). The summed E-state index contributed by atoms with van der Waals surface area (Å²) < 4.78 is 0. The molecule has 2 heteroatoms. The minimum absolute atomic E-state index is 0.0273. The Morgan fingerprint density at radius 3 is 2.86 bits per heavy atom. The Kier molecular flexibility index (Phi) is 3.90. The van der Waals surface area contributed by atoms with Gasteiger partial charge in [0.05, 0.1) is 5.02 Å². The number of carbonyl (C=O) groups excluding carboxylic acids is 1. The summed E-state index contributed by atoms with van der Waals surface area (Å²) in [7, 11) is 0. The smallest absolute Gasteiger partial charge is 0.187 e. The lowest BCUT2D eigenvalue weighted by molar-refractivity contribution is 0.104. The van der Waals surface area contributed by atoms with Crippen LogP contribution in [-0.2, 0) is 0 Å². The van der Waals surface area contributed by atoms with Gasteiger partial charge in [0.2, 0.25) is 0 Å². The highest BCUT2D eigenvalue weighted by atomic mass is 35.5. The lowest BCUT2D eigenvalue weighted by Crippen LogP contribution is -1.96. The van der Waals surface area contributed by atoms with Gasteiger partial charge < -0.3 is 0 Å². The number of halogens is 1. The first-order valence-corrected chi connectivity index (χ1v) is 5.00. The van der Waals surface area contributed by atoms with Crippen LogP contribution in [0.25, 0.3) is 0 Å². The van der Waals surface area contributed by atoms with Crippen LogP contribution in [0.4, 0.5) is 0 Å². The molecule has 0 heterocycles. The van der Waals surface area contributed by atoms with Gasteiger partial charge in [0.15, 0.2) is 5.78 Å². The lowest BCUT2D eigenvalue weighted by atomic mass is 10.1. The fourth-order valence-corrected chi connectivity index (χ4v) is 1.35. The lowest BCUT2D eigenvalue weighted by Gasteiger charge is -2.00. The van der Waals surface area contributed by atoms with Gasteiger partial charge in [-0.05, 0) is 31.6 Å². The molecule has 0 aliphatic heterocycles. The molecule has 0 fully saturated rings. The maximum Gasteiger partial charge on any atom is 0.187 e. The van der Waals surface area contributed by atoms with Crippen molar-refractivity contribution >= 4 is 17.4 Å². The zero-order valence-electron chi connectivity index (χ0n) is 8.38. The summed E-state index contributed by atoms with van der Waals surface area (Å²) in [6.07, 6.45) is 4.26. The highest BCUT2D eigenvalue weighted by Crippen LogP contribution is 2.18. The third kappa shape index (κ3) is 2.71. The summed E-state index contributed by atoms with van der Waals surface area (Å²) >= 11 is 5.92. The predicted molar refractivity (Wildman–Crippen MR) is 60.0 cm³/mol. The molecular weight excluding hydrogens is 196 g/mol. The Morgan fingerprint density at radius 1 is 1.50 bits per heavy atom. The van der Waals surface area contributed by atoms with E-state index in [2.05, 4.69) is 0 Å². The topological polar surface area (TPSA) is 17.1 Å². The molecule has 0 aromatic heterocycles. The molecule has 0 radical (unpaired) electrons. The minimum Gasteiger partial charge on any atom is -0.289 e. The summed E-state index contributed by atoms with van der Waals surface area (Å²) in [5.74, 6) is -0.0273. The monoisotopic (exact) mass is 208 g/mol. The molecule has 0 spiro atoms. The maximum atomic E-state index is 11.6. The Labute approximate surface area is 89.4 Å². The molecule has 14 heavy (non-hydrogen) atoms.